The summed E-state index contributed by atoms with van der Waals surface area (Å²) in [6, 6.07) is 15.8. The van der Waals surface area contributed by atoms with Crippen molar-refractivity contribution in [2.45, 2.75) is 32.2 Å². The van der Waals surface area contributed by atoms with Crippen LogP contribution in [0.4, 0.5) is 0 Å². The summed E-state index contributed by atoms with van der Waals surface area (Å²) in [5.41, 5.74) is 9.96. The highest BCUT2D eigenvalue weighted by Crippen LogP contribution is 2.26. The van der Waals surface area contributed by atoms with Gasteiger partial charge in [0.2, 0.25) is 0 Å². The van der Waals surface area contributed by atoms with Crippen molar-refractivity contribution in [1.29, 1.82) is 0 Å². The summed E-state index contributed by atoms with van der Waals surface area (Å²) in [5.74, 6) is 0. The summed E-state index contributed by atoms with van der Waals surface area (Å²) in [5, 5.41) is 2.69. The van der Waals surface area contributed by atoms with Gasteiger partial charge >= 0.3 is 0 Å². The van der Waals surface area contributed by atoms with Crippen molar-refractivity contribution in [1.82, 2.24) is 5.06 Å². The van der Waals surface area contributed by atoms with Gasteiger partial charge in [0.05, 0.1) is 12.1 Å². The third kappa shape index (κ3) is 3.27. The first kappa shape index (κ1) is 14.5. The van der Waals surface area contributed by atoms with Crippen molar-refractivity contribution >= 4 is 11.6 Å². The summed E-state index contributed by atoms with van der Waals surface area (Å²) in [4.78, 5) is 6.02. The van der Waals surface area contributed by atoms with Gasteiger partial charge < -0.3 is 5.73 Å². The number of hydrogen-bond acceptors (Lipinski definition) is 3. The number of rotatable bonds is 4. The molecule has 0 saturated carbocycles. The molecule has 0 radical (unpaired) electrons. The van der Waals surface area contributed by atoms with E-state index < -0.39 is 0 Å². The Morgan fingerprint density at radius 3 is 2.19 bits per heavy atom. The summed E-state index contributed by atoms with van der Waals surface area (Å²) in [6.07, 6.45) is -0.0968. The molecule has 0 aliphatic carbocycles. The second kappa shape index (κ2) is 6.16. The average Bonchev–Trinajstić information content (AvgIpc) is 2.89. The smallest absolute Gasteiger partial charge is 0.0957 e. The molecule has 2 aromatic rings. The molecular weight excluding hydrogens is 284 g/mol. The van der Waals surface area contributed by atoms with Crippen LogP contribution in [0.15, 0.2) is 48.5 Å². The lowest BCUT2D eigenvalue weighted by atomic mass is 10.0. The highest BCUT2D eigenvalue weighted by Gasteiger charge is 2.24. The fourth-order valence-corrected chi connectivity index (χ4v) is 2.76. The molecule has 2 aromatic carbocycles. The van der Waals surface area contributed by atoms with Crippen LogP contribution in [0.3, 0.4) is 0 Å². The van der Waals surface area contributed by atoms with Crippen LogP contribution in [-0.2, 0) is 17.9 Å². The fraction of sp³-hybridized carbons (Fsp3) is 0.294. The van der Waals surface area contributed by atoms with Gasteiger partial charge in [0.15, 0.2) is 0 Å². The maximum absolute atomic E-state index is 6.28. The van der Waals surface area contributed by atoms with Gasteiger partial charge in [-0.1, -0.05) is 48.0 Å². The fourth-order valence-electron chi connectivity index (χ4n) is 2.63. The Bertz CT molecular complexity index is 589. The van der Waals surface area contributed by atoms with Gasteiger partial charge in [-0.3, -0.25) is 4.84 Å². The number of nitrogens with two attached hydrogens (primary N) is 1. The van der Waals surface area contributed by atoms with Gasteiger partial charge in [0.25, 0.3) is 0 Å². The first-order chi connectivity index (χ1) is 10.1. The number of hydrogen-bond donors (Lipinski definition) is 1. The van der Waals surface area contributed by atoms with Crippen LogP contribution in [0.1, 0.15) is 29.7 Å². The molecule has 3 nitrogen and oxygen atoms in total. The zero-order chi connectivity index (χ0) is 14.8. The van der Waals surface area contributed by atoms with Gasteiger partial charge in [-0.05, 0) is 35.7 Å². The molecule has 4 heteroatoms. The van der Waals surface area contributed by atoms with Crippen LogP contribution in [-0.4, -0.2) is 11.2 Å². The summed E-state index contributed by atoms with van der Waals surface area (Å²) < 4.78 is 0. The van der Waals surface area contributed by atoms with E-state index in [0.29, 0.717) is 0 Å². The van der Waals surface area contributed by atoms with Crippen molar-refractivity contribution in [3.8, 4) is 0 Å². The predicted octanol–water partition coefficient (Wildman–Crippen LogP) is 3.68. The van der Waals surface area contributed by atoms with Crippen molar-refractivity contribution < 1.29 is 4.84 Å². The molecule has 0 spiro atoms. The zero-order valence-corrected chi connectivity index (χ0v) is 12.8. The van der Waals surface area contributed by atoms with E-state index in [1.807, 2.05) is 36.3 Å². The first-order valence-electron chi connectivity index (χ1n) is 7.13. The standard InChI is InChI=1S/C17H19ClN2O/c1-12(17(19)13-6-8-16(18)9-7-13)21-20-10-14-4-2-3-5-15(14)11-20/h2-9,12,17H,10-11,19H2,1H3. The Morgan fingerprint density at radius 1 is 1.05 bits per heavy atom. The lowest BCUT2D eigenvalue weighted by Crippen LogP contribution is -2.32. The zero-order valence-electron chi connectivity index (χ0n) is 12.0. The molecular formula is C17H19ClN2O. The van der Waals surface area contributed by atoms with Gasteiger partial charge in [0.1, 0.15) is 0 Å². The van der Waals surface area contributed by atoms with Gasteiger partial charge in [0, 0.05) is 18.1 Å². The number of fused-ring (bicyclic) bond motifs is 1. The minimum atomic E-state index is -0.175. The van der Waals surface area contributed by atoms with Crippen molar-refractivity contribution in [3.05, 3.63) is 70.2 Å². The lowest BCUT2D eigenvalue weighted by Gasteiger charge is -2.25. The molecule has 0 fully saturated rings. The molecule has 1 heterocycles. The lowest BCUT2D eigenvalue weighted by molar-refractivity contribution is -0.205. The van der Waals surface area contributed by atoms with E-state index in [9.17, 15) is 0 Å². The molecule has 2 atom stereocenters. The molecule has 0 saturated heterocycles. The van der Waals surface area contributed by atoms with Crippen LogP contribution in [0.25, 0.3) is 0 Å². The van der Waals surface area contributed by atoms with E-state index in [2.05, 4.69) is 24.3 Å². The second-order valence-corrected chi connectivity index (χ2v) is 5.89. The van der Waals surface area contributed by atoms with Crippen LogP contribution in [0, 0.1) is 0 Å². The van der Waals surface area contributed by atoms with Gasteiger partial charge in [-0.15, -0.1) is 0 Å². The van der Waals surface area contributed by atoms with Crippen LogP contribution in [0.2, 0.25) is 5.02 Å². The van der Waals surface area contributed by atoms with Crippen LogP contribution in [0.5, 0.6) is 0 Å². The largest absolute Gasteiger partial charge is 0.322 e. The van der Waals surface area contributed by atoms with Crippen LogP contribution < -0.4 is 5.73 Å². The number of nitrogens with zero attached hydrogens (tertiary/aromatic N) is 1. The van der Waals surface area contributed by atoms with E-state index in [4.69, 9.17) is 22.2 Å². The Labute approximate surface area is 130 Å². The highest BCUT2D eigenvalue weighted by molar-refractivity contribution is 6.30. The minimum Gasteiger partial charge on any atom is -0.322 e. The second-order valence-electron chi connectivity index (χ2n) is 5.45. The molecule has 1 aliphatic heterocycles. The molecule has 3 rings (SSSR count). The monoisotopic (exact) mass is 302 g/mol. The summed E-state index contributed by atoms with van der Waals surface area (Å²) >= 11 is 5.90. The molecule has 2 N–H and O–H groups in total. The maximum atomic E-state index is 6.28. The molecule has 110 valence electrons. The van der Waals surface area contributed by atoms with Gasteiger partial charge in [-0.2, -0.15) is 5.06 Å². The Hall–Kier alpha value is -1.39. The molecule has 1 aliphatic rings. The molecule has 2 unspecified atom stereocenters. The van der Waals surface area contributed by atoms with Gasteiger partial charge in [-0.25, -0.2) is 0 Å². The Balaban J connectivity index is 1.62. The van der Waals surface area contributed by atoms with E-state index in [-0.39, 0.29) is 12.1 Å². The average molecular weight is 303 g/mol. The Morgan fingerprint density at radius 2 is 1.62 bits per heavy atom. The van der Waals surface area contributed by atoms with Crippen molar-refractivity contribution in [2.75, 3.05) is 0 Å². The number of halogens is 1. The molecule has 0 aromatic heterocycles. The molecule has 0 bridgehead atoms. The SMILES string of the molecule is CC(ON1Cc2ccccc2C1)C(N)c1ccc(Cl)cc1. The third-order valence-electron chi connectivity index (χ3n) is 3.89. The number of benzene rings is 2. The summed E-state index contributed by atoms with van der Waals surface area (Å²) in [7, 11) is 0. The predicted molar refractivity (Wildman–Crippen MR) is 84.6 cm³/mol. The molecule has 0 amide bonds. The van der Waals surface area contributed by atoms with Crippen molar-refractivity contribution in [2.24, 2.45) is 5.73 Å². The normalized spacial score (nSPS) is 17.5. The highest BCUT2D eigenvalue weighted by atomic mass is 35.5. The maximum Gasteiger partial charge on any atom is 0.0957 e. The Kier molecular flexibility index (Phi) is 4.27. The molecule has 21 heavy (non-hydrogen) atoms. The van der Waals surface area contributed by atoms with Crippen LogP contribution >= 0.6 is 11.6 Å². The third-order valence-corrected chi connectivity index (χ3v) is 4.14. The quantitative estimate of drug-likeness (QED) is 0.936. The van der Waals surface area contributed by atoms with E-state index in [1.165, 1.54) is 11.1 Å². The van der Waals surface area contributed by atoms with Crippen molar-refractivity contribution in [3.63, 3.8) is 0 Å². The number of hydroxylamine groups is 2. The van der Waals surface area contributed by atoms with E-state index >= 15 is 0 Å². The first-order valence-corrected chi connectivity index (χ1v) is 7.51. The minimum absolute atomic E-state index is 0.0968. The van der Waals surface area contributed by atoms with E-state index in [1.54, 1.807) is 0 Å². The topological polar surface area (TPSA) is 38.5 Å². The van der Waals surface area contributed by atoms with E-state index in [0.717, 1.165) is 23.7 Å². The summed E-state index contributed by atoms with van der Waals surface area (Å²) in [6.45, 7) is 3.63.